The van der Waals surface area contributed by atoms with Crippen molar-refractivity contribution >= 4 is 5.69 Å². The molecule has 1 aromatic rings. The molecule has 1 N–H and O–H groups in total. The van der Waals surface area contributed by atoms with E-state index >= 15 is 0 Å². The van der Waals surface area contributed by atoms with Crippen molar-refractivity contribution in [2.24, 2.45) is 0 Å². The molecule has 0 radical (unpaired) electrons. The van der Waals surface area contributed by atoms with Crippen LogP contribution in [0.15, 0.2) is 24.3 Å². The molecule has 0 fully saturated rings. The predicted octanol–water partition coefficient (Wildman–Crippen LogP) is 3.36. The highest BCUT2D eigenvalue weighted by atomic mass is 19.1. The van der Waals surface area contributed by atoms with Crippen LogP contribution in [0.3, 0.4) is 0 Å². The van der Waals surface area contributed by atoms with E-state index < -0.39 is 0 Å². The number of benzene rings is 1. The third-order valence-corrected chi connectivity index (χ3v) is 2.81. The molecule has 17 heavy (non-hydrogen) atoms. The van der Waals surface area contributed by atoms with Crippen molar-refractivity contribution in [2.45, 2.75) is 33.2 Å². The summed E-state index contributed by atoms with van der Waals surface area (Å²) < 4.78 is 12.7. The maximum absolute atomic E-state index is 12.7. The molecule has 0 aliphatic heterocycles. The van der Waals surface area contributed by atoms with Gasteiger partial charge in [-0.3, -0.25) is 4.90 Å². The third-order valence-electron chi connectivity index (χ3n) is 2.81. The summed E-state index contributed by atoms with van der Waals surface area (Å²) in [5.41, 5.74) is 0.978. The van der Waals surface area contributed by atoms with Crippen molar-refractivity contribution in [1.29, 1.82) is 0 Å². The van der Waals surface area contributed by atoms with Crippen LogP contribution in [0.1, 0.15) is 27.2 Å². The second-order valence-corrected chi connectivity index (χ2v) is 4.56. The first-order chi connectivity index (χ1) is 8.13. The van der Waals surface area contributed by atoms with E-state index in [-0.39, 0.29) is 5.82 Å². The highest BCUT2D eigenvalue weighted by molar-refractivity contribution is 5.42. The largest absolute Gasteiger partial charge is 0.384 e. The van der Waals surface area contributed by atoms with Crippen LogP contribution in [-0.4, -0.2) is 30.6 Å². The summed E-state index contributed by atoms with van der Waals surface area (Å²) in [4.78, 5) is 2.44. The fourth-order valence-electron chi connectivity index (χ4n) is 1.83. The molecular formula is C14H23FN2. The molecule has 2 nitrogen and oxygen atoms in total. The summed E-state index contributed by atoms with van der Waals surface area (Å²) in [6, 6.07) is 7.08. The van der Waals surface area contributed by atoms with Gasteiger partial charge in [0.15, 0.2) is 0 Å². The maximum Gasteiger partial charge on any atom is 0.123 e. The predicted molar refractivity (Wildman–Crippen MR) is 71.9 cm³/mol. The molecule has 0 aromatic heterocycles. The van der Waals surface area contributed by atoms with Crippen molar-refractivity contribution in [1.82, 2.24) is 4.90 Å². The van der Waals surface area contributed by atoms with Gasteiger partial charge >= 0.3 is 0 Å². The molecule has 0 aliphatic rings. The first-order valence-corrected chi connectivity index (χ1v) is 6.37. The van der Waals surface area contributed by atoms with Crippen LogP contribution in [0.2, 0.25) is 0 Å². The molecule has 1 aromatic carbocycles. The minimum atomic E-state index is -0.190. The summed E-state index contributed by atoms with van der Waals surface area (Å²) in [5.74, 6) is -0.190. The fourth-order valence-corrected chi connectivity index (χ4v) is 1.83. The quantitative estimate of drug-likeness (QED) is 0.783. The Morgan fingerprint density at radius 2 is 1.82 bits per heavy atom. The normalized spacial score (nSPS) is 11.2. The molecular weight excluding hydrogens is 215 g/mol. The molecule has 0 heterocycles. The van der Waals surface area contributed by atoms with Crippen LogP contribution < -0.4 is 5.32 Å². The summed E-state index contributed by atoms with van der Waals surface area (Å²) in [6.07, 6.45) is 1.18. The summed E-state index contributed by atoms with van der Waals surface area (Å²) in [5, 5.41) is 3.31. The molecule has 0 aliphatic carbocycles. The zero-order chi connectivity index (χ0) is 12.7. The zero-order valence-electron chi connectivity index (χ0n) is 11.0. The number of halogens is 1. The SMILES string of the molecule is CCCN(CCNc1ccc(F)cc1)C(C)C. The molecule has 0 saturated carbocycles. The molecule has 96 valence electrons. The third kappa shape index (κ3) is 5.18. The second kappa shape index (κ2) is 7.28. The van der Waals surface area contributed by atoms with Crippen LogP contribution >= 0.6 is 0 Å². The van der Waals surface area contributed by atoms with Crippen molar-refractivity contribution in [3.63, 3.8) is 0 Å². The first-order valence-electron chi connectivity index (χ1n) is 6.37. The highest BCUT2D eigenvalue weighted by Crippen LogP contribution is 2.08. The van der Waals surface area contributed by atoms with Gasteiger partial charge in [0.25, 0.3) is 0 Å². The van der Waals surface area contributed by atoms with Gasteiger partial charge in [-0.2, -0.15) is 0 Å². The number of nitrogens with zero attached hydrogens (tertiary/aromatic N) is 1. The van der Waals surface area contributed by atoms with Gasteiger partial charge in [-0.05, 0) is 51.1 Å². The molecule has 3 heteroatoms. The molecule has 0 spiro atoms. The minimum Gasteiger partial charge on any atom is -0.384 e. The van der Waals surface area contributed by atoms with Gasteiger partial charge in [-0.25, -0.2) is 4.39 Å². The Labute approximate surface area is 104 Å². The lowest BCUT2D eigenvalue weighted by atomic mass is 10.3. The van der Waals surface area contributed by atoms with Gasteiger partial charge in [0.05, 0.1) is 0 Å². The number of anilines is 1. The zero-order valence-corrected chi connectivity index (χ0v) is 11.0. The number of nitrogens with one attached hydrogen (secondary N) is 1. The van der Waals surface area contributed by atoms with Gasteiger partial charge in [0, 0.05) is 24.8 Å². The monoisotopic (exact) mass is 238 g/mol. The topological polar surface area (TPSA) is 15.3 Å². The molecule has 0 atom stereocenters. The lowest BCUT2D eigenvalue weighted by Gasteiger charge is -2.26. The Morgan fingerprint density at radius 3 is 2.35 bits per heavy atom. The average molecular weight is 238 g/mol. The molecule has 0 bridgehead atoms. The van der Waals surface area contributed by atoms with Crippen LogP contribution in [-0.2, 0) is 0 Å². The van der Waals surface area contributed by atoms with E-state index in [1.54, 1.807) is 12.1 Å². The summed E-state index contributed by atoms with van der Waals surface area (Å²) >= 11 is 0. The van der Waals surface area contributed by atoms with Gasteiger partial charge in [0.1, 0.15) is 5.82 Å². The lowest BCUT2D eigenvalue weighted by Crippen LogP contribution is -2.35. The minimum absolute atomic E-state index is 0.190. The molecule has 0 unspecified atom stereocenters. The van der Waals surface area contributed by atoms with Crippen LogP contribution in [0, 0.1) is 5.82 Å². The van der Waals surface area contributed by atoms with E-state index in [0.717, 1.165) is 25.3 Å². The van der Waals surface area contributed by atoms with Crippen LogP contribution in [0.25, 0.3) is 0 Å². The van der Waals surface area contributed by atoms with Gasteiger partial charge < -0.3 is 5.32 Å². The van der Waals surface area contributed by atoms with E-state index in [9.17, 15) is 4.39 Å². The Hall–Kier alpha value is -1.09. The van der Waals surface area contributed by atoms with Crippen molar-refractivity contribution in [2.75, 3.05) is 25.0 Å². The highest BCUT2D eigenvalue weighted by Gasteiger charge is 2.06. The Morgan fingerprint density at radius 1 is 1.18 bits per heavy atom. The number of hydrogen-bond acceptors (Lipinski definition) is 2. The van der Waals surface area contributed by atoms with Gasteiger partial charge in [-0.15, -0.1) is 0 Å². The van der Waals surface area contributed by atoms with Crippen LogP contribution in [0.5, 0.6) is 0 Å². The van der Waals surface area contributed by atoms with Crippen molar-refractivity contribution in [3.8, 4) is 0 Å². The number of rotatable bonds is 7. The van der Waals surface area contributed by atoms with E-state index in [1.807, 2.05) is 0 Å². The number of hydrogen-bond donors (Lipinski definition) is 1. The lowest BCUT2D eigenvalue weighted by molar-refractivity contribution is 0.231. The van der Waals surface area contributed by atoms with Crippen LogP contribution in [0.4, 0.5) is 10.1 Å². The molecule has 1 rings (SSSR count). The summed E-state index contributed by atoms with van der Waals surface area (Å²) in [6.45, 7) is 9.67. The Balaban J connectivity index is 2.33. The molecule has 0 saturated heterocycles. The van der Waals surface area contributed by atoms with Gasteiger partial charge in [-0.1, -0.05) is 6.92 Å². The smallest absolute Gasteiger partial charge is 0.123 e. The fraction of sp³-hybridized carbons (Fsp3) is 0.571. The first kappa shape index (κ1) is 14.0. The van der Waals surface area contributed by atoms with E-state index in [1.165, 1.54) is 18.6 Å². The average Bonchev–Trinajstić information content (AvgIpc) is 2.30. The Kier molecular flexibility index (Phi) is 5.98. The summed E-state index contributed by atoms with van der Waals surface area (Å²) in [7, 11) is 0. The van der Waals surface area contributed by atoms with E-state index in [2.05, 4.69) is 31.0 Å². The standard InChI is InChI=1S/C14H23FN2/c1-4-10-17(12(2)3)11-9-16-14-7-5-13(15)6-8-14/h5-8,12,16H,4,9-11H2,1-3H3. The maximum atomic E-state index is 12.7. The van der Waals surface area contributed by atoms with Crippen molar-refractivity contribution in [3.05, 3.63) is 30.1 Å². The Bertz CT molecular complexity index is 309. The van der Waals surface area contributed by atoms with E-state index in [0.29, 0.717) is 6.04 Å². The van der Waals surface area contributed by atoms with Crippen molar-refractivity contribution < 1.29 is 4.39 Å². The van der Waals surface area contributed by atoms with E-state index in [4.69, 9.17) is 0 Å². The molecule has 0 amide bonds. The second-order valence-electron chi connectivity index (χ2n) is 4.56. The van der Waals surface area contributed by atoms with Gasteiger partial charge in [0.2, 0.25) is 0 Å².